The number of aryl methyl sites for hydroxylation is 1. The molecule has 0 aliphatic rings. The first-order chi connectivity index (χ1) is 16.9. The first-order valence-electron chi connectivity index (χ1n) is 11.1. The van der Waals surface area contributed by atoms with Gasteiger partial charge >= 0.3 is 0 Å². The molecule has 35 heavy (non-hydrogen) atoms. The van der Waals surface area contributed by atoms with Crippen LogP contribution in [0.2, 0.25) is 0 Å². The van der Waals surface area contributed by atoms with Crippen LogP contribution in [-0.4, -0.2) is 65.9 Å². The molecule has 1 atom stereocenters. The van der Waals surface area contributed by atoms with Crippen molar-refractivity contribution in [2.45, 2.75) is 19.6 Å². The third-order valence-corrected chi connectivity index (χ3v) is 5.18. The van der Waals surface area contributed by atoms with Gasteiger partial charge in [-0.05, 0) is 43.3 Å². The van der Waals surface area contributed by atoms with Crippen molar-refractivity contribution in [2.24, 2.45) is 0 Å². The Morgan fingerprint density at radius 3 is 2.63 bits per heavy atom. The van der Waals surface area contributed by atoms with Crippen LogP contribution < -0.4 is 4.74 Å². The van der Waals surface area contributed by atoms with Gasteiger partial charge in [-0.2, -0.15) is 5.10 Å². The van der Waals surface area contributed by atoms with E-state index < -0.39 is 11.9 Å². The maximum atomic E-state index is 13.8. The highest BCUT2D eigenvalue weighted by atomic mass is 19.1. The Kier molecular flexibility index (Phi) is 9.76. The number of aromatic nitrogens is 2. The minimum Gasteiger partial charge on any atom is -0.438 e. The fourth-order valence-corrected chi connectivity index (χ4v) is 3.51. The summed E-state index contributed by atoms with van der Waals surface area (Å²) in [5.74, 6) is 2.21. The molecule has 2 aromatic carbocycles. The van der Waals surface area contributed by atoms with E-state index in [0.717, 1.165) is 5.56 Å². The van der Waals surface area contributed by atoms with E-state index in [1.54, 1.807) is 36.1 Å². The first-order valence-corrected chi connectivity index (χ1v) is 11.1. The highest BCUT2D eigenvalue weighted by Gasteiger charge is 2.23. The Bertz CT molecular complexity index is 1130. The number of rotatable bonds is 13. The molecule has 1 N–H and O–H groups in total. The molecule has 0 bridgehead atoms. The Hall–Kier alpha value is -3.29. The molecule has 0 aliphatic heterocycles. The molecule has 0 radical (unpaired) electrons. The zero-order valence-corrected chi connectivity index (χ0v) is 19.8. The number of hydrogen-bond donors (Lipinski definition) is 1. The lowest BCUT2D eigenvalue weighted by atomic mass is 10.2. The molecule has 0 amide bonds. The van der Waals surface area contributed by atoms with E-state index in [1.165, 1.54) is 24.3 Å². The van der Waals surface area contributed by atoms with E-state index in [9.17, 15) is 13.9 Å². The maximum absolute atomic E-state index is 13.8. The van der Waals surface area contributed by atoms with Crippen LogP contribution in [0.15, 0.2) is 48.5 Å². The quantitative estimate of drug-likeness (QED) is 0.294. The summed E-state index contributed by atoms with van der Waals surface area (Å²) >= 11 is 0. The average molecular weight is 486 g/mol. The van der Waals surface area contributed by atoms with Crippen LogP contribution in [0.25, 0.3) is 5.69 Å². The van der Waals surface area contributed by atoms with Crippen LogP contribution in [0.1, 0.15) is 11.3 Å². The third kappa shape index (κ3) is 7.60. The molecular weight excluding hydrogens is 456 g/mol. The Morgan fingerprint density at radius 2 is 1.94 bits per heavy atom. The Morgan fingerprint density at radius 1 is 1.17 bits per heavy atom. The number of methoxy groups -OCH3 is 1. The molecule has 9 heteroatoms. The topological polar surface area (TPSA) is 69.0 Å². The summed E-state index contributed by atoms with van der Waals surface area (Å²) in [6, 6.07) is 11.6. The molecule has 0 saturated carbocycles. The Balaban J connectivity index is 1.94. The van der Waals surface area contributed by atoms with Crippen molar-refractivity contribution in [3.8, 4) is 29.7 Å². The monoisotopic (exact) mass is 485 g/mol. The fourth-order valence-electron chi connectivity index (χ4n) is 3.51. The number of hydrogen-bond acceptors (Lipinski definition) is 6. The van der Waals surface area contributed by atoms with Crippen molar-refractivity contribution >= 4 is 0 Å². The molecule has 0 spiro atoms. The van der Waals surface area contributed by atoms with E-state index in [2.05, 4.69) is 11.0 Å². The highest BCUT2D eigenvalue weighted by Crippen LogP contribution is 2.32. The number of aliphatic hydroxyl groups is 1. The van der Waals surface area contributed by atoms with Gasteiger partial charge in [-0.1, -0.05) is 12.0 Å². The predicted molar refractivity (Wildman–Crippen MR) is 128 cm³/mol. The van der Waals surface area contributed by atoms with Gasteiger partial charge in [0.25, 0.3) is 0 Å². The molecule has 3 aromatic rings. The number of terminal acetylenes is 1. The van der Waals surface area contributed by atoms with Gasteiger partial charge < -0.3 is 19.3 Å². The summed E-state index contributed by atoms with van der Waals surface area (Å²) in [5.41, 5.74) is 1.98. The number of ether oxygens (including phenoxy) is 3. The molecule has 186 valence electrons. The van der Waals surface area contributed by atoms with Crippen molar-refractivity contribution in [1.29, 1.82) is 0 Å². The van der Waals surface area contributed by atoms with Crippen LogP contribution in [-0.2, 0) is 16.0 Å². The second-order valence-electron chi connectivity index (χ2n) is 7.92. The summed E-state index contributed by atoms with van der Waals surface area (Å²) in [6.45, 7) is 3.63. The molecular formula is C26H29F2N3O4. The lowest BCUT2D eigenvalue weighted by Crippen LogP contribution is -2.36. The van der Waals surface area contributed by atoms with Crippen molar-refractivity contribution in [1.82, 2.24) is 14.7 Å². The van der Waals surface area contributed by atoms with E-state index in [-0.39, 0.29) is 25.6 Å². The van der Waals surface area contributed by atoms with E-state index >= 15 is 0 Å². The smallest absolute Gasteiger partial charge is 0.227 e. The zero-order valence-electron chi connectivity index (χ0n) is 19.8. The van der Waals surface area contributed by atoms with E-state index in [1.807, 2.05) is 11.8 Å². The first kappa shape index (κ1) is 26.3. The predicted octanol–water partition coefficient (Wildman–Crippen LogP) is 3.71. The van der Waals surface area contributed by atoms with Crippen LogP contribution in [0.3, 0.4) is 0 Å². The SMILES string of the molecule is C#CCOC[C@@H](O)CN(CCOC)Cc1c(C)nn(-c2ccc(F)cc2)c1Oc1cccc(F)c1. The molecule has 0 saturated heterocycles. The summed E-state index contributed by atoms with van der Waals surface area (Å²) in [7, 11) is 1.60. The van der Waals surface area contributed by atoms with Crippen LogP contribution in [0, 0.1) is 30.9 Å². The molecule has 1 heterocycles. The van der Waals surface area contributed by atoms with E-state index in [4.69, 9.17) is 20.6 Å². The van der Waals surface area contributed by atoms with Crippen LogP contribution >= 0.6 is 0 Å². The van der Waals surface area contributed by atoms with Crippen LogP contribution in [0.5, 0.6) is 11.6 Å². The normalized spacial score (nSPS) is 12.0. The van der Waals surface area contributed by atoms with Gasteiger partial charge in [-0.15, -0.1) is 6.42 Å². The van der Waals surface area contributed by atoms with Crippen molar-refractivity contribution in [2.75, 3.05) is 40.0 Å². The van der Waals surface area contributed by atoms with Gasteiger partial charge in [0, 0.05) is 32.8 Å². The van der Waals surface area contributed by atoms with Gasteiger partial charge in [0.2, 0.25) is 5.88 Å². The molecule has 0 aliphatic carbocycles. The lowest BCUT2D eigenvalue weighted by molar-refractivity contribution is 0.0206. The highest BCUT2D eigenvalue weighted by molar-refractivity contribution is 5.43. The minimum absolute atomic E-state index is 0.0914. The maximum Gasteiger partial charge on any atom is 0.227 e. The van der Waals surface area contributed by atoms with Crippen LogP contribution in [0.4, 0.5) is 8.78 Å². The number of halogens is 2. The lowest BCUT2D eigenvalue weighted by Gasteiger charge is -2.25. The van der Waals surface area contributed by atoms with E-state index in [0.29, 0.717) is 42.7 Å². The standard InChI is InChI=1S/C26H29F2N3O4/c1-4-13-34-18-23(32)16-30(12-14-33-3)17-25-19(2)29-31(22-10-8-20(27)9-11-22)26(25)35-24-7-5-6-21(28)15-24/h1,5-11,15,23,32H,12-14,16-18H2,2-3H3/t23-/m0/s1. The number of aliphatic hydroxyl groups excluding tert-OH is 1. The summed E-state index contributed by atoms with van der Waals surface area (Å²) in [4.78, 5) is 1.98. The van der Waals surface area contributed by atoms with Gasteiger partial charge in [-0.3, -0.25) is 4.90 Å². The molecule has 0 unspecified atom stereocenters. The van der Waals surface area contributed by atoms with Gasteiger partial charge in [0.05, 0.1) is 36.3 Å². The Labute approximate surface area is 203 Å². The van der Waals surface area contributed by atoms with Gasteiger partial charge in [0.15, 0.2) is 0 Å². The van der Waals surface area contributed by atoms with Gasteiger partial charge in [0.1, 0.15) is 24.0 Å². The second kappa shape index (κ2) is 13.0. The minimum atomic E-state index is -0.778. The van der Waals surface area contributed by atoms with Crippen molar-refractivity contribution in [3.05, 3.63) is 71.4 Å². The number of benzene rings is 2. The molecule has 3 rings (SSSR count). The summed E-state index contributed by atoms with van der Waals surface area (Å²) in [6.07, 6.45) is 4.42. The number of nitrogens with zero attached hydrogens (tertiary/aromatic N) is 3. The molecule has 0 fully saturated rings. The molecule has 7 nitrogen and oxygen atoms in total. The zero-order chi connectivity index (χ0) is 25.2. The second-order valence-corrected chi connectivity index (χ2v) is 7.92. The van der Waals surface area contributed by atoms with Crippen molar-refractivity contribution < 1.29 is 28.1 Å². The largest absolute Gasteiger partial charge is 0.438 e. The molecule has 1 aromatic heterocycles. The fraction of sp³-hybridized carbons (Fsp3) is 0.346. The summed E-state index contributed by atoms with van der Waals surface area (Å²) in [5, 5.41) is 15.0. The summed E-state index contributed by atoms with van der Waals surface area (Å²) < 4.78 is 45.5. The third-order valence-electron chi connectivity index (χ3n) is 5.18. The average Bonchev–Trinajstić information content (AvgIpc) is 3.13. The van der Waals surface area contributed by atoms with Gasteiger partial charge in [-0.25, -0.2) is 13.5 Å². The van der Waals surface area contributed by atoms with Crippen molar-refractivity contribution in [3.63, 3.8) is 0 Å².